The third kappa shape index (κ3) is 2.95. The van der Waals surface area contributed by atoms with Crippen LogP contribution in [0.5, 0.6) is 0 Å². The highest BCUT2D eigenvalue weighted by Crippen LogP contribution is 2.28. The number of nitrogens with one attached hydrogen (secondary N) is 1. The molecule has 106 valence electrons. The molecule has 0 radical (unpaired) electrons. The van der Waals surface area contributed by atoms with Gasteiger partial charge in [-0.3, -0.25) is 0 Å². The zero-order valence-electron chi connectivity index (χ0n) is 12.4. The maximum absolute atomic E-state index is 13.5. The molecule has 0 saturated carbocycles. The monoisotopic (exact) mass is 273 g/mol. The molecule has 0 aliphatic heterocycles. The summed E-state index contributed by atoms with van der Waals surface area (Å²) in [6.45, 7) is 8.75. The fraction of sp³-hybridized carbons (Fsp3) is 0.375. The first-order valence-electron chi connectivity index (χ1n) is 6.88. The number of rotatable bonds is 4. The van der Waals surface area contributed by atoms with E-state index in [9.17, 15) is 4.39 Å². The summed E-state index contributed by atoms with van der Waals surface area (Å²) in [5.41, 5.74) is 3.59. The molecule has 1 aromatic carbocycles. The van der Waals surface area contributed by atoms with Gasteiger partial charge in [0.15, 0.2) is 0 Å². The van der Waals surface area contributed by atoms with E-state index >= 15 is 0 Å². The Kier molecular flexibility index (Phi) is 4.32. The Morgan fingerprint density at radius 1 is 1.15 bits per heavy atom. The molecule has 4 heteroatoms. The van der Waals surface area contributed by atoms with Crippen molar-refractivity contribution in [3.05, 3.63) is 41.0 Å². The SMILES string of the molecule is CCCNc1nc(C)nc(-c2cc(F)ccc2C)c1C. The van der Waals surface area contributed by atoms with Crippen LogP contribution in [-0.2, 0) is 0 Å². The van der Waals surface area contributed by atoms with E-state index in [4.69, 9.17) is 0 Å². The van der Waals surface area contributed by atoms with E-state index in [0.717, 1.165) is 41.2 Å². The smallest absolute Gasteiger partial charge is 0.133 e. The molecule has 0 spiro atoms. The summed E-state index contributed by atoms with van der Waals surface area (Å²) in [6, 6.07) is 4.78. The van der Waals surface area contributed by atoms with E-state index < -0.39 is 0 Å². The number of halogens is 1. The van der Waals surface area contributed by atoms with Crippen molar-refractivity contribution < 1.29 is 4.39 Å². The highest BCUT2D eigenvalue weighted by molar-refractivity contribution is 5.70. The van der Waals surface area contributed by atoms with Crippen LogP contribution in [0.3, 0.4) is 0 Å². The molecule has 0 amide bonds. The van der Waals surface area contributed by atoms with Crippen molar-refractivity contribution in [3.8, 4) is 11.3 Å². The van der Waals surface area contributed by atoms with Gasteiger partial charge in [0, 0.05) is 17.7 Å². The Morgan fingerprint density at radius 2 is 1.90 bits per heavy atom. The zero-order chi connectivity index (χ0) is 14.7. The van der Waals surface area contributed by atoms with E-state index in [1.807, 2.05) is 20.8 Å². The maximum atomic E-state index is 13.5. The van der Waals surface area contributed by atoms with E-state index in [2.05, 4.69) is 22.2 Å². The summed E-state index contributed by atoms with van der Waals surface area (Å²) in [5, 5.41) is 3.30. The van der Waals surface area contributed by atoms with E-state index in [1.165, 1.54) is 12.1 Å². The first-order valence-corrected chi connectivity index (χ1v) is 6.88. The molecule has 2 rings (SSSR count). The molecule has 20 heavy (non-hydrogen) atoms. The number of hydrogen-bond donors (Lipinski definition) is 1. The Labute approximate surface area is 119 Å². The van der Waals surface area contributed by atoms with Crippen molar-refractivity contribution in [1.29, 1.82) is 0 Å². The quantitative estimate of drug-likeness (QED) is 0.914. The summed E-state index contributed by atoms with van der Waals surface area (Å²) in [6.07, 6.45) is 1.02. The minimum absolute atomic E-state index is 0.246. The Bertz CT molecular complexity index is 623. The van der Waals surface area contributed by atoms with Crippen LogP contribution in [0.2, 0.25) is 0 Å². The molecule has 0 atom stereocenters. The van der Waals surface area contributed by atoms with Crippen molar-refractivity contribution in [2.75, 3.05) is 11.9 Å². The molecular weight excluding hydrogens is 253 g/mol. The van der Waals surface area contributed by atoms with Crippen LogP contribution in [0.15, 0.2) is 18.2 Å². The van der Waals surface area contributed by atoms with Crippen molar-refractivity contribution in [1.82, 2.24) is 9.97 Å². The van der Waals surface area contributed by atoms with E-state index in [1.54, 1.807) is 6.07 Å². The van der Waals surface area contributed by atoms with Gasteiger partial charge in [0.25, 0.3) is 0 Å². The molecular formula is C16H20FN3. The average Bonchev–Trinajstić information content (AvgIpc) is 2.42. The Balaban J connectivity index is 2.56. The summed E-state index contributed by atoms with van der Waals surface area (Å²) in [4.78, 5) is 8.93. The topological polar surface area (TPSA) is 37.8 Å². The van der Waals surface area contributed by atoms with Gasteiger partial charge < -0.3 is 5.32 Å². The van der Waals surface area contributed by atoms with Crippen LogP contribution in [0.4, 0.5) is 10.2 Å². The van der Waals surface area contributed by atoms with Crippen molar-refractivity contribution in [2.24, 2.45) is 0 Å². The van der Waals surface area contributed by atoms with Crippen LogP contribution in [0.1, 0.15) is 30.3 Å². The van der Waals surface area contributed by atoms with Crippen LogP contribution in [-0.4, -0.2) is 16.5 Å². The first kappa shape index (κ1) is 14.4. The third-order valence-corrected chi connectivity index (χ3v) is 3.25. The second-order valence-electron chi connectivity index (χ2n) is 4.98. The van der Waals surface area contributed by atoms with Gasteiger partial charge in [-0.1, -0.05) is 13.0 Å². The molecule has 0 unspecified atom stereocenters. The second kappa shape index (κ2) is 5.99. The van der Waals surface area contributed by atoms with Crippen molar-refractivity contribution >= 4 is 5.82 Å². The highest BCUT2D eigenvalue weighted by Gasteiger charge is 2.13. The predicted molar refractivity (Wildman–Crippen MR) is 80.4 cm³/mol. The lowest BCUT2D eigenvalue weighted by Gasteiger charge is -2.14. The number of benzene rings is 1. The van der Waals surface area contributed by atoms with E-state index in [0.29, 0.717) is 5.82 Å². The van der Waals surface area contributed by atoms with E-state index in [-0.39, 0.29) is 5.82 Å². The number of aryl methyl sites for hydroxylation is 2. The lowest BCUT2D eigenvalue weighted by molar-refractivity contribution is 0.628. The highest BCUT2D eigenvalue weighted by atomic mass is 19.1. The fourth-order valence-corrected chi connectivity index (χ4v) is 2.16. The third-order valence-electron chi connectivity index (χ3n) is 3.25. The summed E-state index contributed by atoms with van der Waals surface area (Å²) in [5.74, 6) is 1.27. The van der Waals surface area contributed by atoms with Crippen molar-refractivity contribution in [2.45, 2.75) is 34.1 Å². The molecule has 2 aromatic rings. The Hall–Kier alpha value is -1.97. The maximum Gasteiger partial charge on any atom is 0.133 e. The van der Waals surface area contributed by atoms with Gasteiger partial charge >= 0.3 is 0 Å². The van der Waals surface area contributed by atoms with Crippen LogP contribution in [0.25, 0.3) is 11.3 Å². The standard InChI is InChI=1S/C16H20FN3/c1-5-8-18-16-11(3)15(19-12(4)20-16)14-9-13(17)7-6-10(14)2/h6-7,9H,5,8H2,1-4H3,(H,18,19,20). The molecule has 1 N–H and O–H groups in total. The van der Waals surface area contributed by atoms with Gasteiger partial charge in [-0.15, -0.1) is 0 Å². The molecule has 3 nitrogen and oxygen atoms in total. The summed E-state index contributed by atoms with van der Waals surface area (Å²) < 4.78 is 13.5. The average molecular weight is 273 g/mol. The van der Waals surface area contributed by atoms with Gasteiger partial charge in [-0.2, -0.15) is 0 Å². The number of aromatic nitrogens is 2. The van der Waals surface area contributed by atoms with Gasteiger partial charge in [0.05, 0.1) is 5.69 Å². The normalized spacial score (nSPS) is 10.7. The fourth-order valence-electron chi connectivity index (χ4n) is 2.16. The van der Waals surface area contributed by atoms with Gasteiger partial charge in [0.2, 0.25) is 0 Å². The molecule has 0 fully saturated rings. The lowest BCUT2D eigenvalue weighted by Crippen LogP contribution is -2.08. The van der Waals surface area contributed by atoms with Crippen LogP contribution in [0, 0.1) is 26.6 Å². The molecule has 0 bridgehead atoms. The summed E-state index contributed by atoms with van der Waals surface area (Å²) >= 11 is 0. The zero-order valence-corrected chi connectivity index (χ0v) is 12.4. The molecule has 0 saturated heterocycles. The van der Waals surface area contributed by atoms with Crippen LogP contribution >= 0.6 is 0 Å². The van der Waals surface area contributed by atoms with Gasteiger partial charge in [-0.25, -0.2) is 14.4 Å². The van der Waals surface area contributed by atoms with Gasteiger partial charge in [-0.05, 0) is 44.9 Å². The number of anilines is 1. The van der Waals surface area contributed by atoms with Crippen molar-refractivity contribution in [3.63, 3.8) is 0 Å². The van der Waals surface area contributed by atoms with Gasteiger partial charge in [0.1, 0.15) is 17.5 Å². The molecule has 0 aliphatic carbocycles. The lowest BCUT2D eigenvalue weighted by atomic mass is 10.0. The second-order valence-corrected chi connectivity index (χ2v) is 4.98. The number of hydrogen-bond acceptors (Lipinski definition) is 3. The molecule has 1 aromatic heterocycles. The largest absolute Gasteiger partial charge is 0.370 e. The number of nitrogens with zero attached hydrogens (tertiary/aromatic N) is 2. The van der Waals surface area contributed by atoms with Crippen LogP contribution < -0.4 is 5.32 Å². The molecule has 1 heterocycles. The predicted octanol–water partition coefficient (Wildman–Crippen LogP) is 4.03. The minimum atomic E-state index is -0.246. The molecule has 0 aliphatic rings. The summed E-state index contributed by atoms with van der Waals surface area (Å²) in [7, 11) is 0. The first-order chi connectivity index (χ1) is 9.52. The Morgan fingerprint density at radius 3 is 2.60 bits per heavy atom. The minimum Gasteiger partial charge on any atom is -0.370 e.